The summed E-state index contributed by atoms with van der Waals surface area (Å²) in [6.45, 7) is 4.89. The second-order valence-corrected chi connectivity index (χ2v) is 9.08. The first-order chi connectivity index (χ1) is 15.9. The molecule has 1 atom stereocenters. The number of halogens is 1. The lowest BCUT2D eigenvalue weighted by atomic mass is 10.2. The van der Waals surface area contributed by atoms with Gasteiger partial charge in [0.15, 0.2) is 0 Å². The van der Waals surface area contributed by atoms with Crippen molar-refractivity contribution in [2.45, 2.75) is 18.6 Å². The molecule has 2 aromatic rings. The van der Waals surface area contributed by atoms with Gasteiger partial charge in [0.25, 0.3) is 0 Å². The van der Waals surface area contributed by atoms with E-state index in [1.165, 1.54) is 36.0 Å². The van der Waals surface area contributed by atoms with Crippen molar-refractivity contribution in [3.63, 3.8) is 0 Å². The number of carbonyl (C=O) groups is 3. The third-order valence-corrected chi connectivity index (χ3v) is 6.50. The average molecular weight is 473 g/mol. The maximum Gasteiger partial charge on any atom is 0.234 e. The summed E-state index contributed by atoms with van der Waals surface area (Å²) in [5.41, 5.74) is 1.66. The van der Waals surface area contributed by atoms with Gasteiger partial charge in [0.2, 0.25) is 17.7 Å². The summed E-state index contributed by atoms with van der Waals surface area (Å²) in [7, 11) is 0. The van der Waals surface area contributed by atoms with Gasteiger partial charge < -0.3 is 20.4 Å². The Morgan fingerprint density at radius 1 is 1.00 bits per heavy atom. The van der Waals surface area contributed by atoms with Crippen molar-refractivity contribution in [3.05, 3.63) is 60.4 Å². The minimum absolute atomic E-state index is 0.0296. The largest absolute Gasteiger partial charge is 0.368 e. The Kier molecular flexibility index (Phi) is 9.12. The van der Waals surface area contributed by atoms with E-state index < -0.39 is 5.25 Å². The third kappa shape index (κ3) is 7.78. The lowest BCUT2D eigenvalue weighted by molar-refractivity contribution is -0.131. The van der Waals surface area contributed by atoms with E-state index in [2.05, 4.69) is 27.7 Å². The van der Waals surface area contributed by atoms with Crippen LogP contribution in [0.4, 0.5) is 15.8 Å². The van der Waals surface area contributed by atoms with Crippen molar-refractivity contribution in [3.8, 4) is 0 Å². The fraction of sp³-hybridized carbons (Fsp3) is 0.375. The molecule has 1 saturated heterocycles. The normalized spacial score (nSPS) is 14.5. The SMILES string of the molecule is CC(SCC(=O)Nc1ccc(F)cc1)C(=O)NCCC(=O)N1CCN(c2ccccc2)CC1. The molecule has 1 fully saturated rings. The van der Waals surface area contributed by atoms with Crippen LogP contribution >= 0.6 is 11.8 Å². The van der Waals surface area contributed by atoms with Gasteiger partial charge in [-0.25, -0.2) is 4.39 Å². The number of hydrogen-bond acceptors (Lipinski definition) is 5. The number of benzene rings is 2. The molecule has 1 aliphatic rings. The monoisotopic (exact) mass is 472 g/mol. The van der Waals surface area contributed by atoms with Crippen LogP contribution in [0.1, 0.15) is 13.3 Å². The second kappa shape index (κ2) is 12.2. The first kappa shape index (κ1) is 24.6. The molecule has 3 rings (SSSR count). The fourth-order valence-corrected chi connectivity index (χ4v) is 4.16. The van der Waals surface area contributed by atoms with Gasteiger partial charge in [0.1, 0.15) is 5.82 Å². The molecule has 0 spiro atoms. The van der Waals surface area contributed by atoms with E-state index in [1.807, 2.05) is 23.1 Å². The van der Waals surface area contributed by atoms with Gasteiger partial charge in [0, 0.05) is 50.5 Å². The molecule has 33 heavy (non-hydrogen) atoms. The predicted molar refractivity (Wildman–Crippen MR) is 130 cm³/mol. The minimum Gasteiger partial charge on any atom is -0.368 e. The van der Waals surface area contributed by atoms with Crippen molar-refractivity contribution in [1.29, 1.82) is 0 Å². The van der Waals surface area contributed by atoms with E-state index in [9.17, 15) is 18.8 Å². The number of carbonyl (C=O) groups excluding carboxylic acids is 3. The second-order valence-electron chi connectivity index (χ2n) is 7.75. The van der Waals surface area contributed by atoms with Crippen molar-refractivity contribution in [2.75, 3.05) is 48.7 Å². The van der Waals surface area contributed by atoms with Crippen LogP contribution in [0.3, 0.4) is 0 Å². The summed E-state index contributed by atoms with van der Waals surface area (Å²) in [5, 5.41) is 5.00. The van der Waals surface area contributed by atoms with Crippen LogP contribution in [-0.4, -0.2) is 66.3 Å². The van der Waals surface area contributed by atoms with E-state index in [1.54, 1.807) is 6.92 Å². The Morgan fingerprint density at radius 2 is 1.67 bits per heavy atom. The minimum atomic E-state index is -0.437. The zero-order chi connectivity index (χ0) is 23.6. The summed E-state index contributed by atoms with van der Waals surface area (Å²) < 4.78 is 12.9. The molecule has 1 heterocycles. The van der Waals surface area contributed by atoms with Gasteiger partial charge in [-0.2, -0.15) is 0 Å². The maximum atomic E-state index is 12.9. The number of hydrogen-bond donors (Lipinski definition) is 2. The Hall–Kier alpha value is -3.07. The number of anilines is 2. The van der Waals surface area contributed by atoms with E-state index >= 15 is 0 Å². The Labute approximate surface area is 197 Å². The van der Waals surface area contributed by atoms with Crippen molar-refractivity contribution in [1.82, 2.24) is 10.2 Å². The quantitative estimate of drug-likeness (QED) is 0.587. The molecule has 0 bridgehead atoms. The lowest BCUT2D eigenvalue weighted by Crippen LogP contribution is -2.49. The van der Waals surface area contributed by atoms with Gasteiger partial charge in [0.05, 0.1) is 11.0 Å². The van der Waals surface area contributed by atoms with Crippen molar-refractivity contribution in [2.24, 2.45) is 0 Å². The number of rotatable bonds is 9. The molecule has 9 heteroatoms. The first-order valence-electron chi connectivity index (χ1n) is 10.9. The Bertz CT molecular complexity index is 934. The van der Waals surface area contributed by atoms with Crippen LogP contribution in [0.15, 0.2) is 54.6 Å². The molecule has 176 valence electrons. The van der Waals surface area contributed by atoms with E-state index in [0.29, 0.717) is 18.8 Å². The Morgan fingerprint density at radius 3 is 2.33 bits per heavy atom. The molecule has 0 aromatic heterocycles. The molecule has 0 saturated carbocycles. The molecular formula is C24H29FN4O3S. The van der Waals surface area contributed by atoms with E-state index in [-0.39, 0.29) is 42.3 Å². The van der Waals surface area contributed by atoms with Crippen LogP contribution in [0.5, 0.6) is 0 Å². The van der Waals surface area contributed by atoms with Gasteiger partial charge in [-0.05, 0) is 43.3 Å². The van der Waals surface area contributed by atoms with Crippen LogP contribution in [0.2, 0.25) is 0 Å². The maximum absolute atomic E-state index is 12.9. The molecule has 0 radical (unpaired) electrons. The summed E-state index contributed by atoms with van der Waals surface area (Å²) in [6, 6.07) is 15.6. The number of nitrogens with zero attached hydrogens (tertiary/aromatic N) is 2. The third-order valence-electron chi connectivity index (χ3n) is 5.35. The standard InChI is InChI=1S/C24H29FN4O3S/c1-18(33-17-22(30)27-20-9-7-19(25)8-10-20)24(32)26-12-11-23(31)29-15-13-28(14-16-29)21-5-3-2-4-6-21/h2-10,18H,11-17H2,1H3,(H,26,32)(H,27,30). The van der Waals surface area contributed by atoms with Crippen molar-refractivity contribution >= 4 is 40.9 Å². The lowest BCUT2D eigenvalue weighted by Gasteiger charge is -2.36. The van der Waals surface area contributed by atoms with Crippen molar-refractivity contribution < 1.29 is 18.8 Å². The molecule has 1 aliphatic heterocycles. The highest BCUT2D eigenvalue weighted by Gasteiger charge is 2.21. The summed E-state index contributed by atoms with van der Waals surface area (Å²) in [4.78, 5) is 40.9. The fourth-order valence-electron chi connectivity index (χ4n) is 3.45. The van der Waals surface area contributed by atoms with Gasteiger partial charge in [-0.3, -0.25) is 14.4 Å². The number of amides is 3. The molecule has 2 N–H and O–H groups in total. The smallest absolute Gasteiger partial charge is 0.234 e. The molecule has 1 unspecified atom stereocenters. The zero-order valence-corrected chi connectivity index (χ0v) is 19.4. The highest BCUT2D eigenvalue weighted by atomic mass is 32.2. The summed E-state index contributed by atoms with van der Waals surface area (Å²) in [6.07, 6.45) is 0.250. The summed E-state index contributed by atoms with van der Waals surface area (Å²) in [5.74, 6) is -0.730. The summed E-state index contributed by atoms with van der Waals surface area (Å²) >= 11 is 1.20. The average Bonchev–Trinajstić information content (AvgIpc) is 2.84. The van der Waals surface area contributed by atoms with Crippen LogP contribution < -0.4 is 15.5 Å². The number of nitrogens with one attached hydrogen (secondary N) is 2. The molecular weight excluding hydrogens is 443 g/mol. The highest BCUT2D eigenvalue weighted by Crippen LogP contribution is 2.16. The van der Waals surface area contributed by atoms with Crippen LogP contribution in [0.25, 0.3) is 0 Å². The van der Waals surface area contributed by atoms with Crippen LogP contribution in [0, 0.1) is 5.82 Å². The van der Waals surface area contributed by atoms with Gasteiger partial charge >= 0.3 is 0 Å². The molecule has 0 aliphatic carbocycles. The molecule has 3 amide bonds. The number of para-hydroxylation sites is 1. The van der Waals surface area contributed by atoms with Crippen LogP contribution in [-0.2, 0) is 14.4 Å². The van der Waals surface area contributed by atoms with E-state index in [0.717, 1.165) is 18.8 Å². The Balaban J connectivity index is 1.30. The zero-order valence-electron chi connectivity index (χ0n) is 18.6. The van der Waals surface area contributed by atoms with E-state index in [4.69, 9.17) is 0 Å². The predicted octanol–water partition coefficient (Wildman–Crippen LogP) is 2.74. The van der Waals surface area contributed by atoms with Gasteiger partial charge in [-0.1, -0.05) is 18.2 Å². The first-order valence-corrected chi connectivity index (χ1v) is 12.0. The topological polar surface area (TPSA) is 81.8 Å². The van der Waals surface area contributed by atoms with Gasteiger partial charge in [-0.15, -0.1) is 11.8 Å². The number of thioether (sulfide) groups is 1. The molecule has 7 nitrogen and oxygen atoms in total. The highest BCUT2D eigenvalue weighted by molar-refractivity contribution is 8.01. The molecule has 2 aromatic carbocycles. The number of piperazine rings is 1.